The van der Waals surface area contributed by atoms with Crippen molar-refractivity contribution in [2.24, 2.45) is 0 Å². The molecule has 0 aromatic heterocycles. The van der Waals surface area contributed by atoms with Gasteiger partial charge in [-0.3, -0.25) is 0 Å². The molecule has 0 radical (unpaired) electrons. The first-order chi connectivity index (χ1) is 8.27. The first-order valence-electron chi connectivity index (χ1n) is 4.19. The van der Waals surface area contributed by atoms with Gasteiger partial charge in [-0.15, -0.1) is 0 Å². The van der Waals surface area contributed by atoms with Crippen LogP contribution in [0.1, 0.15) is 0 Å². The van der Waals surface area contributed by atoms with Crippen LogP contribution in [-0.2, 0) is 9.53 Å². The average Bonchev–Trinajstić information content (AvgIpc) is 2.27. The molecule has 0 unspecified atom stereocenters. The molecular weight excluding hydrogens is 299 g/mol. The van der Waals surface area contributed by atoms with Gasteiger partial charge >= 0.3 is 29.8 Å². The molecule has 0 heterocycles. The Hall–Kier alpha value is -1.42. The number of carbonyl (C=O) groups excluding carboxylic acids is 1. The summed E-state index contributed by atoms with van der Waals surface area (Å²) in [5, 5.41) is 0. The lowest BCUT2D eigenvalue weighted by molar-refractivity contribution is -0.416. The molecule has 0 amide bonds. The monoisotopic (exact) mass is 304 g/mol. The van der Waals surface area contributed by atoms with Crippen LogP contribution in [-0.4, -0.2) is 36.5 Å². The molecule has 0 aliphatic heterocycles. The highest BCUT2D eigenvalue weighted by Crippen LogP contribution is 2.52. The van der Waals surface area contributed by atoms with E-state index in [4.69, 9.17) is 0 Å². The van der Waals surface area contributed by atoms with Crippen molar-refractivity contribution in [3.63, 3.8) is 0 Å². The van der Waals surface area contributed by atoms with E-state index in [1.807, 2.05) is 0 Å². The Labute approximate surface area is 99.4 Å². The van der Waals surface area contributed by atoms with Crippen LogP contribution in [0.15, 0.2) is 12.7 Å². The summed E-state index contributed by atoms with van der Waals surface area (Å²) in [4.78, 5) is 10.3. The lowest BCUT2D eigenvalue weighted by Gasteiger charge is -2.34. The van der Waals surface area contributed by atoms with Gasteiger partial charge in [0, 0.05) is 6.08 Å². The quantitative estimate of drug-likeness (QED) is 0.428. The van der Waals surface area contributed by atoms with E-state index >= 15 is 0 Å². The Morgan fingerprint density at radius 2 is 1.42 bits per heavy atom. The highest BCUT2D eigenvalue weighted by atomic mass is 19.4. The van der Waals surface area contributed by atoms with E-state index in [1.54, 1.807) is 0 Å². The van der Waals surface area contributed by atoms with E-state index < -0.39 is 36.5 Å². The maximum atomic E-state index is 12.7. The molecule has 0 bridgehead atoms. The van der Waals surface area contributed by atoms with Crippen molar-refractivity contribution in [2.75, 3.05) is 6.67 Å². The third-order valence-electron chi connectivity index (χ3n) is 1.78. The molecule has 0 aromatic rings. The summed E-state index contributed by atoms with van der Waals surface area (Å²) in [6.07, 6.45) is -6.38. The van der Waals surface area contributed by atoms with Gasteiger partial charge in [-0.1, -0.05) is 6.58 Å². The van der Waals surface area contributed by atoms with Crippen LogP contribution in [0.25, 0.3) is 0 Å². The number of esters is 1. The minimum absolute atomic E-state index is 0.0879. The van der Waals surface area contributed by atoms with Gasteiger partial charge in [0.05, 0.1) is 0 Å². The van der Waals surface area contributed by atoms with Gasteiger partial charge in [-0.25, -0.2) is 9.18 Å². The predicted molar refractivity (Wildman–Crippen MR) is 42.1 cm³/mol. The molecule has 0 rings (SSSR count). The normalized spacial score (nSPS) is 14.2. The van der Waals surface area contributed by atoms with E-state index in [2.05, 4.69) is 11.3 Å². The fourth-order valence-electron chi connectivity index (χ4n) is 0.728. The SMILES string of the molecule is C=CC(=O)OC(F)(F)C(F)(F)C(F)(F)C(F)(F)CF. The molecule has 0 atom stereocenters. The summed E-state index contributed by atoms with van der Waals surface area (Å²) >= 11 is 0. The summed E-state index contributed by atoms with van der Waals surface area (Å²) in [5.41, 5.74) is 0. The zero-order chi connectivity index (χ0) is 15.7. The summed E-state index contributed by atoms with van der Waals surface area (Å²) in [6.45, 7) is -0.813. The molecule has 19 heavy (non-hydrogen) atoms. The van der Waals surface area contributed by atoms with Crippen molar-refractivity contribution < 1.29 is 49.0 Å². The van der Waals surface area contributed by atoms with Crippen molar-refractivity contribution in [2.45, 2.75) is 23.9 Å². The highest BCUT2D eigenvalue weighted by Gasteiger charge is 2.82. The molecule has 0 spiro atoms. The number of carbonyl (C=O) groups is 1. The van der Waals surface area contributed by atoms with Gasteiger partial charge in [0.1, 0.15) is 0 Å². The number of rotatable bonds is 6. The Bertz CT molecular complexity index is 363. The summed E-state index contributed by atoms with van der Waals surface area (Å²) < 4.78 is 115. The molecular formula is C8H5F9O2. The van der Waals surface area contributed by atoms with E-state index in [-0.39, 0.29) is 6.08 Å². The van der Waals surface area contributed by atoms with Crippen LogP contribution in [0, 0.1) is 0 Å². The van der Waals surface area contributed by atoms with Crippen molar-refractivity contribution >= 4 is 5.97 Å². The van der Waals surface area contributed by atoms with Gasteiger partial charge < -0.3 is 4.74 Å². The lowest BCUT2D eigenvalue weighted by Crippen LogP contribution is -2.63. The van der Waals surface area contributed by atoms with Crippen molar-refractivity contribution in [1.29, 1.82) is 0 Å². The van der Waals surface area contributed by atoms with Crippen LogP contribution in [0.2, 0.25) is 0 Å². The van der Waals surface area contributed by atoms with E-state index in [1.165, 1.54) is 0 Å². The number of halogens is 9. The fraction of sp³-hybridized carbons (Fsp3) is 0.625. The largest absolute Gasteiger partial charge is 0.473 e. The molecule has 2 nitrogen and oxygen atoms in total. The zero-order valence-corrected chi connectivity index (χ0v) is 8.71. The molecule has 0 aromatic carbocycles. The molecule has 11 heteroatoms. The second kappa shape index (κ2) is 4.93. The standard InChI is InChI=1S/C8H5F9O2/c1-2-4(18)19-8(16,17)7(14,15)6(12,13)5(10,11)3-9/h2H,1,3H2. The van der Waals surface area contributed by atoms with Gasteiger partial charge in [-0.2, -0.15) is 35.1 Å². The van der Waals surface area contributed by atoms with Crippen molar-refractivity contribution in [3.8, 4) is 0 Å². The van der Waals surface area contributed by atoms with Crippen LogP contribution in [0.3, 0.4) is 0 Å². The smallest absolute Gasteiger partial charge is 0.393 e. The van der Waals surface area contributed by atoms with Crippen LogP contribution >= 0.6 is 0 Å². The number of alkyl halides is 9. The summed E-state index contributed by atoms with van der Waals surface area (Å²) in [5.74, 6) is -22.0. The third kappa shape index (κ3) is 2.78. The van der Waals surface area contributed by atoms with Gasteiger partial charge in [-0.05, 0) is 0 Å². The van der Waals surface area contributed by atoms with Crippen molar-refractivity contribution in [1.82, 2.24) is 0 Å². The molecule has 0 aliphatic carbocycles. The van der Waals surface area contributed by atoms with Gasteiger partial charge in [0.2, 0.25) is 0 Å². The lowest BCUT2D eigenvalue weighted by atomic mass is 10.0. The average molecular weight is 304 g/mol. The Kier molecular flexibility index (Phi) is 4.56. The Morgan fingerprint density at radius 1 is 1.00 bits per heavy atom. The zero-order valence-electron chi connectivity index (χ0n) is 8.71. The Morgan fingerprint density at radius 3 is 1.74 bits per heavy atom. The molecule has 0 aliphatic rings. The number of ether oxygens (including phenoxy) is 1. The van der Waals surface area contributed by atoms with Crippen LogP contribution in [0.5, 0.6) is 0 Å². The van der Waals surface area contributed by atoms with E-state index in [9.17, 15) is 44.3 Å². The van der Waals surface area contributed by atoms with Gasteiger partial charge in [0.25, 0.3) is 0 Å². The first kappa shape index (κ1) is 17.6. The summed E-state index contributed by atoms with van der Waals surface area (Å²) in [7, 11) is 0. The minimum Gasteiger partial charge on any atom is -0.393 e. The number of hydrogen-bond donors (Lipinski definition) is 0. The maximum Gasteiger partial charge on any atom is 0.473 e. The molecule has 0 fully saturated rings. The molecule has 112 valence electrons. The topological polar surface area (TPSA) is 26.3 Å². The second-order valence-electron chi connectivity index (χ2n) is 3.13. The van der Waals surface area contributed by atoms with E-state index in [0.717, 1.165) is 0 Å². The fourth-order valence-corrected chi connectivity index (χ4v) is 0.728. The van der Waals surface area contributed by atoms with Crippen LogP contribution in [0.4, 0.5) is 39.5 Å². The maximum absolute atomic E-state index is 12.7. The summed E-state index contributed by atoms with van der Waals surface area (Å²) in [6, 6.07) is 0. The molecule has 0 N–H and O–H groups in total. The predicted octanol–water partition coefficient (Wildman–Crippen LogP) is 3.18. The molecule has 0 saturated carbocycles. The number of hydrogen-bond acceptors (Lipinski definition) is 2. The van der Waals surface area contributed by atoms with Crippen LogP contribution < -0.4 is 0 Å². The van der Waals surface area contributed by atoms with Crippen molar-refractivity contribution in [3.05, 3.63) is 12.7 Å². The first-order valence-corrected chi connectivity index (χ1v) is 4.19. The Balaban J connectivity index is 5.58. The van der Waals surface area contributed by atoms with Gasteiger partial charge in [0.15, 0.2) is 6.67 Å². The molecule has 0 saturated heterocycles. The third-order valence-corrected chi connectivity index (χ3v) is 1.78. The second-order valence-corrected chi connectivity index (χ2v) is 3.13. The van der Waals surface area contributed by atoms with E-state index in [0.29, 0.717) is 0 Å². The highest BCUT2D eigenvalue weighted by molar-refractivity contribution is 5.81. The minimum atomic E-state index is -6.84.